The quantitative estimate of drug-likeness (QED) is 0.0831. The first-order valence-corrected chi connectivity index (χ1v) is 17.3. The third-order valence-corrected chi connectivity index (χ3v) is 7.23. The fraction of sp³-hybridized carbons (Fsp3) is 1.00. The van der Waals surface area contributed by atoms with Crippen molar-refractivity contribution in [1.29, 1.82) is 0 Å². The lowest BCUT2D eigenvalue weighted by atomic mass is 10.4. The van der Waals surface area contributed by atoms with Gasteiger partial charge in [0.1, 0.15) is 31.4 Å². The Labute approximate surface area is 219 Å². The van der Waals surface area contributed by atoms with Crippen molar-refractivity contribution in [3.05, 3.63) is 0 Å². The van der Waals surface area contributed by atoms with Crippen molar-refractivity contribution in [2.45, 2.75) is 0 Å². The molecule has 0 heterocycles. The van der Waals surface area contributed by atoms with E-state index in [9.17, 15) is 32.6 Å². The topological polar surface area (TPSA) is 507 Å². The minimum atomic E-state index is -4.76. The van der Waals surface area contributed by atoms with Crippen molar-refractivity contribution in [2.75, 3.05) is 57.6 Å². The second-order valence-corrected chi connectivity index (χ2v) is 15.0. The molecule has 0 aliphatic carbocycles. The fourth-order valence-corrected chi connectivity index (χ4v) is 6.66. The van der Waals surface area contributed by atoms with E-state index in [1.807, 2.05) is 0 Å². The van der Waals surface area contributed by atoms with Crippen molar-refractivity contribution in [3.8, 4) is 0 Å². The molecular weight excluding hydrogens is 629 g/mol. The van der Waals surface area contributed by atoms with Crippen LogP contribution in [-0.2, 0) is 22.8 Å². The Morgan fingerprint density at radius 2 is 0.447 bits per heavy atom. The first kappa shape index (κ1) is 54.5. The summed E-state index contributed by atoms with van der Waals surface area (Å²) in [5.74, 6) is 0. The summed E-state index contributed by atoms with van der Waals surface area (Å²) in [5, 5.41) is 0. The molecule has 0 atom stereocenters. The molecule has 0 aromatic heterocycles. The van der Waals surface area contributed by atoms with Crippen LogP contribution in [0.4, 0.5) is 0 Å². The van der Waals surface area contributed by atoms with Gasteiger partial charge in [-0.15, -0.1) is 0 Å². The van der Waals surface area contributed by atoms with Gasteiger partial charge in [0, 0.05) is 26.2 Å². The van der Waals surface area contributed by atoms with Crippen LogP contribution < -0.4 is 36.9 Å². The second-order valence-electron chi connectivity index (χ2n) is 6.94. The predicted molar refractivity (Wildman–Crippen MR) is 140 cm³/mol. The molecule has 0 unspecified atom stereocenters. The minimum absolute atomic E-state index is 0. The molecule has 0 saturated heterocycles. The molecule has 0 aliphatic rings. The van der Waals surface area contributed by atoms with Crippen LogP contribution in [-0.4, -0.2) is 121 Å². The van der Waals surface area contributed by atoms with Crippen LogP contribution in [0.5, 0.6) is 0 Å². The van der Waals surface area contributed by atoms with E-state index in [1.54, 1.807) is 0 Å². The van der Waals surface area contributed by atoms with Gasteiger partial charge < -0.3 is 85.8 Å². The Morgan fingerprint density at radius 1 is 0.316 bits per heavy atom. The van der Waals surface area contributed by atoms with Gasteiger partial charge in [0.25, 0.3) is 0 Å². The molecule has 28 N–H and O–H groups in total. The zero-order valence-corrected chi connectivity index (χ0v) is 25.2. The molecule has 38 heavy (non-hydrogen) atoms. The molecule has 242 valence electrons. The van der Waals surface area contributed by atoms with Gasteiger partial charge in [-0.2, -0.15) is 0 Å². The van der Waals surface area contributed by atoms with E-state index in [0.29, 0.717) is 9.80 Å². The average Bonchev–Trinajstić information content (AvgIpc) is 2.41. The summed E-state index contributed by atoms with van der Waals surface area (Å²) in [5.41, 5.74) is 0. The fourth-order valence-electron chi connectivity index (χ4n) is 2.49. The van der Waals surface area contributed by atoms with E-state index in [1.165, 1.54) is 0 Å². The van der Waals surface area contributed by atoms with Crippen LogP contribution in [0.2, 0.25) is 0 Å². The molecule has 0 amide bonds. The van der Waals surface area contributed by atoms with Crippen molar-refractivity contribution in [3.63, 3.8) is 0 Å². The molecule has 0 spiro atoms. The lowest BCUT2D eigenvalue weighted by molar-refractivity contribution is 0.198. The van der Waals surface area contributed by atoms with Gasteiger partial charge in [0.15, 0.2) is 0 Å². The van der Waals surface area contributed by atoms with Gasteiger partial charge in [-0.3, -0.25) is 37.5 Å². The highest BCUT2D eigenvalue weighted by Gasteiger charge is 2.29. The molecule has 29 heteroatoms. The number of nitrogens with zero attached hydrogens (tertiary/aromatic N) is 3. The zero-order valence-electron chi connectivity index (χ0n) is 20.7. The van der Waals surface area contributed by atoms with Crippen LogP contribution in [0.15, 0.2) is 0 Å². The summed E-state index contributed by atoms with van der Waals surface area (Å²) >= 11 is 0. The summed E-state index contributed by atoms with van der Waals surface area (Å²) in [6, 6.07) is 0. The third kappa shape index (κ3) is 36.4. The van der Waals surface area contributed by atoms with Crippen LogP contribution in [0, 0.1) is 0 Å². The summed E-state index contributed by atoms with van der Waals surface area (Å²) in [4.78, 5) is 93.2. The highest BCUT2D eigenvalue weighted by Crippen LogP contribution is 2.42. The standard InChI is InChI=1S/C9H28N3O15P5.6H3N/c13-28(14,15)5-10(1-3-11(6-29(16,17)18)7-30(19,20)21)2-4-12(8-31(22,23)24)9-32(25,26)27;;;;;;/h1-9H2,(H2,13,14,15)(H2,16,17,18)(H2,19,20,21)(H2,22,23,24)(H2,25,26,27);6*1H3. The molecule has 0 saturated carbocycles. The molecule has 0 radical (unpaired) electrons. The SMILES string of the molecule is N.N.N.N.N.N.O=P(O)(O)CN(CCN(CP(=O)(O)O)CP(=O)(O)O)CCN(CP(=O)(O)O)CP(=O)(O)O. The summed E-state index contributed by atoms with van der Waals surface area (Å²) in [6.45, 7) is -1.78. The van der Waals surface area contributed by atoms with Crippen molar-refractivity contribution >= 4 is 38.0 Å². The predicted octanol–water partition coefficient (Wildman–Crippen LogP) is -1.46. The van der Waals surface area contributed by atoms with Gasteiger partial charge in [-0.25, -0.2) is 0 Å². The van der Waals surface area contributed by atoms with E-state index in [4.69, 9.17) is 39.1 Å². The first-order valence-electron chi connectivity index (χ1n) is 8.34. The molecule has 0 aliphatic heterocycles. The molecule has 0 rings (SSSR count). The maximum Gasteiger partial charge on any atom is 0.339 e. The van der Waals surface area contributed by atoms with Gasteiger partial charge >= 0.3 is 38.0 Å². The Kier molecular flexibility index (Phi) is 30.3. The van der Waals surface area contributed by atoms with E-state index in [0.717, 1.165) is 4.90 Å². The van der Waals surface area contributed by atoms with Gasteiger partial charge in [-0.1, -0.05) is 0 Å². The largest absolute Gasteiger partial charge is 0.344 e. The van der Waals surface area contributed by atoms with Gasteiger partial charge in [0.2, 0.25) is 0 Å². The zero-order chi connectivity index (χ0) is 25.6. The number of hydrogen-bond donors (Lipinski definition) is 16. The highest BCUT2D eigenvalue weighted by atomic mass is 31.2. The van der Waals surface area contributed by atoms with Crippen molar-refractivity contribution in [2.24, 2.45) is 0 Å². The maximum atomic E-state index is 11.4. The normalized spacial score (nSPS) is 12.3. The van der Waals surface area contributed by atoms with E-state index in [2.05, 4.69) is 0 Å². The van der Waals surface area contributed by atoms with Crippen LogP contribution in [0.25, 0.3) is 0 Å². The monoisotopic (exact) mass is 675 g/mol. The second kappa shape index (κ2) is 21.1. The van der Waals surface area contributed by atoms with Gasteiger partial charge in [0.05, 0.1) is 0 Å². The molecule has 0 bridgehead atoms. The molecule has 24 nitrogen and oxygen atoms in total. The summed E-state index contributed by atoms with van der Waals surface area (Å²) in [6.07, 6.45) is -5.21. The lowest BCUT2D eigenvalue weighted by Crippen LogP contribution is -2.41. The Morgan fingerprint density at radius 3 is 0.605 bits per heavy atom. The molecule has 0 fully saturated rings. The first-order chi connectivity index (χ1) is 13.9. The molecule has 0 aromatic rings. The maximum absolute atomic E-state index is 11.4. The summed E-state index contributed by atoms with van der Waals surface area (Å²) in [7, 11) is -23.8. The van der Waals surface area contributed by atoms with Crippen LogP contribution in [0.1, 0.15) is 0 Å². The highest BCUT2D eigenvalue weighted by molar-refractivity contribution is 7.53. The third-order valence-electron chi connectivity index (χ3n) is 3.39. The van der Waals surface area contributed by atoms with E-state index < -0.39 is 95.6 Å². The van der Waals surface area contributed by atoms with Gasteiger partial charge in [-0.05, 0) is 0 Å². The Hall–Kier alpha value is 0.390. The minimum Gasteiger partial charge on any atom is -0.344 e. The Bertz CT molecular complexity index is 736. The molecule has 0 aromatic carbocycles. The number of hydrogen-bond acceptors (Lipinski definition) is 14. The lowest BCUT2D eigenvalue weighted by Gasteiger charge is -2.30. The smallest absolute Gasteiger partial charge is 0.339 e. The van der Waals surface area contributed by atoms with Crippen LogP contribution >= 0.6 is 38.0 Å². The summed E-state index contributed by atoms with van der Waals surface area (Å²) < 4.78 is 56.1. The van der Waals surface area contributed by atoms with Crippen molar-refractivity contribution < 1.29 is 71.8 Å². The Balaban J connectivity index is -0.000000320. The van der Waals surface area contributed by atoms with Crippen molar-refractivity contribution in [1.82, 2.24) is 51.6 Å². The average molecular weight is 675 g/mol. The van der Waals surface area contributed by atoms with E-state index >= 15 is 0 Å². The van der Waals surface area contributed by atoms with Crippen LogP contribution in [0.3, 0.4) is 0 Å². The van der Waals surface area contributed by atoms with E-state index in [-0.39, 0.29) is 36.9 Å². The molecular formula is C9H46N9O15P5. The number of rotatable bonds is 16.